The van der Waals surface area contributed by atoms with E-state index in [1.807, 2.05) is 13.0 Å². The molecule has 1 unspecified atom stereocenters. The second-order valence-electron chi connectivity index (χ2n) is 9.70. The van der Waals surface area contributed by atoms with Gasteiger partial charge in [-0.15, -0.1) is 0 Å². The highest BCUT2D eigenvalue weighted by atomic mass is 19.4. The number of halogens is 3. The fourth-order valence-electron chi connectivity index (χ4n) is 4.67. The Kier molecular flexibility index (Phi) is 10.1. The molecular formula is C28H31F3N6O7. The molecule has 13 nitrogen and oxygen atoms in total. The third-order valence-electron chi connectivity index (χ3n) is 6.86. The summed E-state index contributed by atoms with van der Waals surface area (Å²) in [6.07, 6.45) is -2.98. The van der Waals surface area contributed by atoms with E-state index in [9.17, 15) is 23.4 Å². The smallest absolute Gasteiger partial charge is 0.490 e. The van der Waals surface area contributed by atoms with Gasteiger partial charge in [0.2, 0.25) is 17.8 Å². The van der Waals surface area contributed by atoms with Gasteiger partial charge in [0, 0.05) is 24.0 Å². The number of aliphatic hydroxyl groups excluding tert-OH is 1. The van der Waals surface area contributed by atoms with E-state index in [0.29, 0.717) is 40.3 Å². The summed E-state index contributed by atoms with van der Waals surface area (Å²) in [5, 5.41) is 31.5. The minimum Gasteiger partial charge on any atom is -0.497 e. The number of aromatic hydroxyl groups is 1. The molecule has 1 aliphatic heterocycles. The number of aliphatic carboxylic acids is 1. The molecule has 5 rings (SSSR count). The lowest BCUT2D eigenvalue weighted by atomic mass is 10.1. The van der Waals surface area contributed by atoms with Crippen LogP contribution in [-0.2, 0) is 4.79 Å². The van der Waals surface area contributed by atoms with Crippen molar-refractivity contribution < 1.29 is 47.5 Å². The fourth-order valence-corrected chi connectivity index (χ4v) is 4.67. The lowest BCUT2D eigenvalue weighted by molar-refractivity contribution is -0.192. The molecule has 0 spiro atoms. The maximum absolute atomic E-state index is 10.6. The molecule has 4 aromatic rings. The number of hydrogen-bond donors (Lipinski definition) is 4. The molecular weight excluding hydrogens is 589 g/mol. The van der Waals surface area contributed by atoms with Crippen LogP contribution in [0.2, 0.25) is 0 Å². The standard InChI is InChI=1S/C26H30N6O5.C2HF3O2/c1-15-19-12-18(35-2)13-22(36-3)23(19)29-25(27-15)31-26-28-21-7-6-17(11-20(21)24(34)30-26)37-10-9-32-8-4-5-16(32)14-33;3-2(4,5)1(6)7/h6-7,11-13,16,33H,4-5,8-10,14H2,1-3H3,(H2,27,28,29,30,31,34);(H,6,7). The highest BCUT2D eigenvalue weighted by Crippen LogP contribution is 2.33. The van der Waals surface area contributed by atoms with Crippen molar-refractivity contribution >= 4 is 39.7 Å². The normalized spacial score (nSPS) is 15.1. The summed E-state index contributed by atoms with van der Waals surface area (Å²) in [5.41, 5.74) is 1.88. The predicted octanol–water partition coefficient (Wildman–Crippen LogP) is 3.82. The number of alkyl halides is 3. The van der Waals surface area contributed by atoms with Crippen molar-refractivity contribution in [2.45, 2.75) is 32.0 Å². The van der Waals surface area contributed by atoms with Crippen molar-refractivity contribution in [3.63, 3.8) is 0 Å². The van der Waals surface area contributed by atoms with Gasteiger partial charge in [0.05, 0.1) is 37.4 Å². The van der Waals surface area contributed by atoms with Gasteiger partial charge in [0.1, 0.15) is 29.4 Å². The second-order valence-corrected chi connectivity index (χ2v) is 9.70. The summed E-state index contributed by atoms with van der Waals surface area (Å²) in [7, 11) is 3.16. The maximum atomic E-state index is 10.6. The van der Waals surface area contributed by atoms with E-state index in [4.69, 9.17) is 24.1 Å². The summed E-state index contributed by atoms with van der Waals surface area (Å²) in [5.74, 6) is -0.695. The molecule has 1 atom stereocenters. The molecule has 44 heavy (non-hydrogen) atoms. The number of aryl methyl sites for hydroxylation is 1. The van der Waals surface area contributed by atoms with Crippen LogP contribution >= 0.6 is 0 Å². The highest BCUT2D eigenvalue weighted by molar-refractivity contribution is 5.89. The van der Waals surface area contributed by atoms with Crippen LogP contribution in [0.15, 0.2) is 30.3 Å². The van der Waals surface area contributed by atoms with E-state index in [2.05, 4.69) is 30.2 Å². The predicted molar refractivity (Wildman–Crippen MR) is 153 cm³/mol. The summed E-state index contributed by atoms with van der Waals surface area (Å²) in [6.45, 7) is 4.22. The third kappa shape index (κ3) is 7.62. The number of carboxylic acids is 1. The zero-order valence-electron chi connectivity index (χ0n) is 24.1. The lowest BCUT2D eigenvalue weighted by Crippen LogP contribution is -2.35. The Morgan fingerprint density at radius 1 is 1.05 bits per heavy atom. The molecule has 4 N–H and O–H groups in total. The van der Waals surface area contributed by atoms with E-state index < -0.39 is 12.1 Å². The van der Waals surface area contributed by atoms with Crippen LogP contribution in [0, 0.1) is 6.92 Å². The Morgan fingerprint density at radius 2 is 1.75 bits per heavy atom. The molecule has 16 heteroatoms. The number of benzene rings is 2. The number of likely N-dealkylation sites (tertiary alicyclic amines) is 1. The third-order valence-corrected chi connectivity index (χ3v) is 6.86. The number of hydrogen-bond acceptors (Lipinski definition) is 12. The van der Waals surface area contributed by atoms with Gasteiger partial charge in [-0.1, -0.05) is 0 Å². The van der Waals surface area contributed by atoms with Crippen molar-refractivity contribution in [1.29, 1.82) is 0 Å². The molecule has 3 heterocycles. The number of carboxylic acid groups (broad SMARTS) is 1. The number of nitrogens with zero attached hydrogens (tertiary/aromatic N) is 5. The molecule has 2 aromatic heterocycles. The van der Waals surface area contributed by atoms with E-state index in [-0.39, 0.29) is 30.4 Å². The van der Waals surface area contributed by atoms with E-state index in [0.717, 1.165) is 37.0 Å². The number of carbonyl (C=O) groups is 1. The molecule has 0 bridgehead atoms. The molecule has 0 aliphatic carbocycles. The summed E-state index contributed by atoms with van der Waals surface area (Å²) >= 11 is 0. The van der Waals surface area contributed by atoms with Crippen LogP contribution < -0.4 is 19.5 Å². The van der Waals surface area contributed by atoms with Gasteiger partial charge in [-0.25, -0.2) is 19.7 Å². The van der Waals surface area contributed by atoms with E-state index in [1.54, 1.807) is 38.5 Å². The first-order valence-electron chi connectivity index (χ1n) is 13.4. The average molecular weight is 621 g/mol. The van der Waals surface area contributed by atoms with Crippen molar-refractivity contribution in [3.8, 4) is 23.1 Å². The summed E-state index contributed by atoms with van der Waals surface area (Å²) in [4.78, 5) is 28.9. The van der Waals surface area contributed by atoms with Crippen LogP contribution in [0.1, 0.15) is 18.5 Å². The average Bonchev–Trinajstić information content (AvgIpc) is 3.44. The fraction of sp³-hybridized carbons (Fsp3) is 0.393. The van der Waals surface area contributed by atoms with Crippen molar-refractivity contribution in [2.75, 3.05) is 45.8 Å². The van der Waals surface area contributed by atoms with Crippen molar-refractivity contribution in [2.24, 2.45) is 0 Å². The highest BCUT2D eigenvalue weighted by Gasteiger charge is 2.38. The Hall–Kier alpha value is -4.70. The molecule has 0 amide bonds. The number of fused-ring (bicyclic) bond motifs is 2. The molecule has 1 aliphatic rings. The van der Waals surface area contributed by atoms with Crippen LogP contribution in [0.3, 0.4) is 0 Å². The number of methoxy groups -OCH3 is 2. The van der Waals surface area contributed by atoms with E-state index in [1.165, 1.54) is 0 Å². The quantitative estimate of drug-likeness (QED) is 0.213. The first-order chi connectivity index (χ1) is 20.9. The Morgan fingerprint density at radius 3 is 2.41 bits per heavy atom. The van der Waals surface area contributed by atoms with Gasteiger partial charge in [0.25, 0.3) is 0 Å². The van der Waals surface area contributed by atoms with Gasteiger partial charge >= 0.3 is 12.1 Å². The Balaban J connectivity index is 0.000000566. The second kappa shape index (κ2) is 13.7. The van der Waals surface area contributed by atoms with Gasteiger partial charge in [-0.05, 0) is 50.6 Å². The van der Waals surface area contributed by atoms with Gasteiger partial charge in [-0.3, -0.25) is 10.2 Å². The lowest BCUT2D eigenvalue weighted by Gasteiger charge is -2.22. The molecule has 1 fully saturated rings. The minimum absolute atomic E-state index is 0.161. The number of rotatable bonds is 9. The van der Waals surface area contributed by atoms with Crippen LogP contribution in [0.5, 0.6) is 23.1 Å². The largest absolute Gasteiger partial charge is 0.497 e. The molecule has 0 saturated carbocycles. The molecule has 2 aromatic carbocycles. The number of anilines is 2. The number of ether oxygens (including phenoxy) is 3. The van der Waals surface area contributed by atoms with Crippen LogP contribution in [0.4, 0.5) is 25.1 Å². The number of aromatic nitrogens is 4. The summed E-state index contributed by atoms with van der Waals surface area (Å²) < 4.78 is 48.5. The number of nitrogens with one attached hydrogen (secondary N) is 1. The van der Waals surface area contributed by atoms with Gasteiger partial charge in [-0.2, -0.15) is 18.2 Å². The Labute approximate surface area is 249 Å². The first kappa shape index (κ1) is 32.2. The number of aliphatic hydroxyl groups is 1. The van der Waals surface area contributed by atoms with Crippen molar-refractivity contribution in [1.82, 2.24) is 24.8 Å². The van der Waals surface area contributed by atoms with Crippen molar-refractivity contribution in [3.05, 3.63) is 36.0 Å². The van der Waals surface area contributed by atoms with Gasteiger partial charge in [0.15, 0.2) is 0 Å². The SMILES string of the molecule is COc1cc(OC)c2nc(Nc3nc(O)c4cc(OCCN5CCCC5CO)ccc4n3)nc(C)c2c1.O=C(O)C(F)(F)F. The first-order valence-corrected chi connectivity index (χ1v) is 13.4. The molecule has 1 saturated heterocycles. The molecule has 236 valence electrons. The zero-order chi connectivity index (χ0) is 32.0. The zero-order valence-corrected chi connectivity index (χ0v) is 24.1. The summed E-state index contributed by atoms with van der Waals surface area (Å²) in [6, 6.07) is 9.11. The Bertz CT molecular complexity index is 1640. The van der Waals surface area contributed by atoms with Crippen LogP contribution in [-0.4, -0.2) is 98.9 Å². The topological polar surface area (TPSA) is 172 Å². The maximum Gasteiger partial charge on any atom is 0.490 e. The minimum atomic E-state index is -5.08. The molecule has 0 radical (unpaired) electrons. The van der Waals surface area contributed by atoms with E-state index >= 15 is 0 Å². The van der Waals surface area contributed by atoms with Crippen LogP contribution in [0.25, 0.3) is 21.8 Å². The van der Waals surface area contributed by atoms with Gasteiger partial charge < -0.3 is 29.5 Å². The monoisotopic (exact) mass is 620 g/mol.